The van der Waals surface area contributed by atoms with Crippen LogP contribution in [0.5, 0.6) is 0 Å². The summed E-state index contributed by atoms with van der Waals surface area (Å²) in [5, 5.41) is 30.6. The third kappa shape index (κ3) is 5.09. The highest BCUT2D eigenvalue weighted by Crippen LogP contribution is 2.36. The Morgan fingerprint density at radius 1 is 0.786 bits per heavy atom. The molecule has 9 heteroatoms. The van der Waals surface area contributed by atoms with E-state index in [4.69, 9.17) is 15.0 Å². The van der Waals surface area contributed by atoms with Crippen LogP contribution >= 0.6 is 0 Å². The number of nitrogens with zero attached hydrogens (tertiary/aromatic N) is 3. The van der Waals surface area contributed by atoms with Crippen LogP contribution in [0.4, 0.5) is 0 Å². The summed E-state index contributed by atoms with van der Waals surface area (Å²) in [5.74, 6) is -1.82. The summed E-state index contributed by atoms with van der Waals surface area (Å²) in [5.41, 5.74) is 10.2. The summed E-state index contributed by atoms with van der Waals surface area (Å²) >= 11 is 0. The van der Waals surface area contributed by atoms with E-state index in [2.05, 4.69) is 11.6 Å². The van der Waals surface area contributed by atoms with E-state index in [0.717, 1.165) is 56.0 Å². The van der Waals surface area contributed by atoms with E-state index in [0.29, 0.717) is 39.8 Å². The standard InChI is InChI=1S/C33H32N4O5/c1-6-20-16(2)26-13-31-23(15-38)19(5)25(37-31)11-24-17(3)21(7-9-32(39)40)29(35-24)14-30-22(8-10-33(41)42)18(4)27(36-30)12-28(20)34-26/h6,11-15,34,38H,1,7-10H2,2-5H3,(H,39,40)(H,41,42). The van der Waals surface area contributed by atoms with Gasteiger partial charge in [-0.3, -0.25) is 9.59 Å². The van der Waals surface area contributed by atoms with Crippen molar-refractivity contribution in [1.29, 1.82) is 0 Å². The zero-order chi connectivity index (χ0) is 30.3. The van der Waals surface area contributed by atoms with Crippen LogP contribution in [-0.2, 0) is 9.59 Å². The van der Waals surface area contributed by atoms with Crippen molar-refractivity contribution < 1.29 is 24.9 Å². The molecule has 0 atom stereocenters. The number of aliphatic carboxylic acids is 2. The fourth-order valence-corrected chi connectivity index (χ4v) is 5.59. The van der Waals surface area contributed by atoms with Crippen LogP contribution in [0.2, 0.25) is 0 Å². The smallest absolute Gasteiger partial charge is 0.303 e. The molecular formula is C33H32N4O5. The van der Waals surface area contributed by atoms with Gasteiger partial charge in [-0.1, -0.05) is 12.7 Å². The molecule has 0 saturated carbocycles. The number of fused-ring (bicyclic) bond motifs is 5. The number of hydrogen-bond acceptors (Lipinski definition) is 6. The van der Waals surface area contributed by atoms with Gasteiger partial charge in [-0.05, 0) is 98.3 Å². The van der Waals surface area contributed by atoms with Gasteiger partial charge < -0.3 is 20.3 Å². The minimum Gasteiger partial charge on any atom is -0.515 e. The second-order valence-electron chi connectivity index (χ2n) is 10.6. The molecule has 1 aromatic heterocycles. The molecule has 5 heterocycles. The van der Waals surface area contributed by atoms with Crippen LogP contribution in [-0.4, -0.2) is 49.4 Å². The van der Waals surface area contributed by atoms with Gasteiger partial charge in [0.2, 0.25) is 0 Å². The van der Waals surface area contributed by atoms with Crippen molar-refractivity contribution in [2.24, 2.45) is 15.0 Å². The van der Waals surface area contributed by atoms with Crippen molar-refractivity contribution in [1.82, 2.24) is 4.98 Å². The van der Waals surface area contributed by atoms with E-state index >= 15 is 0 Å². The lowest BCUT2D eigenvalue weighted by atomic mass is 9.96. The number of aliphatic hydroxyl groups excluding tert-OH is 1. The van der Waals surface area contributed by atoms with Crippen LogP contribution in [0.25, 0.3) is 18.2 Å². The Labute approximate surface area is 242 Å². The van der Waals surface area contributed by atoms with Crippen molar-refractivity contribution in [2.75, 3.05) is 0 Å². The minimum atomic E-state index is -0.915. The summed E-state index contributed by atoms with van der Waals surface area (Å²) in [6, 6.07) is 0. The highest BCUT2D eigenvalue weighted by molar-refractivity contribution is 6.25. The SMILES string of the molecule is C=Cc1c(C)c2[nH]c1=CC1=NC(=CC3=NC(=CC4=C(C)C(=CO)C(=N4)C=2)C(C)=C3CCC(=O)O)C(CCC(=O)O)=C1C. The third-order valence-electron chi connectivity index (χ3n) is 8.07. The van der Waals surface area contributed by atoms with Gasteiger partial charge >= 0.3 is 11.9 Å². The van der Waals surface area contributed by atoms with E-state index in [1.54, 1.807) is 6.08 Å². The van der Waals surface area contributed by atoms with Gasteiger partial charge in [-0.25, -0.2) is 15.0 Å². The number of aromatic nitrogens is 1. The maximum atomic E-state index is 11.5. The lowest BCUT2D eigenvalue weighted by Gasteiger charge is -2.07. The molecule has 0 unspecified atom stereocenters. The first-order chi connectivity index (χ1) is 20.0. The molecule has 4 N–H and O–H groups in total. The number of H-pyrrole nitrogens is 1. The maximum absolute atomic E-state index is 11.5. The van der Waals surface area contributed by atoms with Crippen molar-refractivity contribution >= 4 is 47.3 Å². The Balaban J connectivity index is 1.82. The number of allylic oxidation sites excluding steroid dienone is 8. The molecule has 0 amide bonds. The highest BCUT2D eigenvalue weighted by Gasteiger charge is 2.27. The van der Waals surface area contributed by atoms with Gasteiger partial charge in [0.25, 0.3) is 0 Å². The summed E-state index contributed by atoms with van der Waals surface area (Å²) in [4.78, 5) is 41.1. The maximum Gasteiger partial charge on any atom is 0.303 e. The van der Waals surface area contributed by atoms with Crippen molar-refractivity contribution in [3.8, 4) is 0 Å². The van der Waals surface area contributed by atoms with Crippen LogP contribution < -0.4 is 10.7 Å². The minimum absolute atomic E-state index is 0.0575. The third-order valence-corrected chi connectivity index (χ3v) is 8.07. The van der Waals surface area contributed by atoms with Gasteiger partial charge in [-0.2, -0.15) is 0 Å². The number of nitrogens with one attached hydrogen (secondary N) is 1. The molecule has 214 valence electrons. The fraction of sp³-hybridized carbons (Fsp3) is 0.242. The lowest BCUT2D eigenvalue weighted by molar-refractivity contribution is -0.137. The Morgan fingerprint density at radius 2 is 1.43 bits per heavy atom. The quantitative estimate of drug-likeness (QED) is 0.353. The Morgan fingerprint density at radius 3 is 2.07 bits per heavy atom. The number of aliphatic imine (C=N–C) groups is 3. The number of aliphatic hydroxyl groups is 1. The average Bonchev–Trinajstić information content (AvgIpc) is 3.59. The van der Waals surface area contributed by atoms with Crippen molar-refractivity contribution in [3.63, 3.8) is 0 Å². The van der Waals surface area contributed by atoms with Crippen LogP contribution in [0.1, 0.15) is 57.6 Å². The van der Waals surface area contributed by atoms with Crippen molar-refractivity contribution in [3.05, 3.63) is 97.3 Å². The molecule has 42 heavy (non-hydrogen) atoms. The van der Waals surface area contributed by atoms with Crippen LogP contribution in [0.15, 0.2) is 90.5 Å². The number of hydrogen-bond donors (Lipinski definition) is 4. The van der Waals surface area contributed by atoms with Gasteiger partial charge in [0.05, 0.1) is 40.5 Å². The summed E-state index contributed by atoms with van der Waals surface area (Å²) in [7, 11) is 0. The van der Waals surface area contributed by atoms with E-state index in [9.17, 15) is 24.9 Å². The Hall–Kier alpha value is -5.05. The van der Waals surface area contributed by atoms with Crippen LogP contribution in [0.3, 0.4) is 0 Å². The molecule has 4 aliphatic heterocycles. The first-order valence-electron chi connectivity index (χ1n) is 13.7. The predicted molar refractivity (Wildman–Crippen MR) is 165 cm³/mol. The zero-order valence-electron chi connectivity index (χ0n) is 24.0. The van der Waals surface area contributed by atoms with Gasteiger partial charge in [0.1, 0.15) is 0 Å². The number of carboxylic acids is 2. The second-order valence-corrected chi connectivity index (χ2v) is 10.6. The normalized spacial score (nSPS) is 18.9. The number of aromatic amines is 1. The molecule has 0 radical (unpaired) electrons. The van der Waals surface area contributed by atoms with Gasteiger partial charge in [0, 0.05) is 34.7 Å². The Bertz CT molecular complexity index is 1880. The zero-order valence-corrected chi connectivity index (χ0v) is 24.0. The molecule has 8 bridgehead atoms. The van der Waals surface area contributed by atoms with E-state index in [-0.39, 0.29) is 25.7 Å². The highest BCUT2D eigenvalue weighted by atomic mass is 16.4. The number of rotatable bonds is 7. The van der Waals surface area contributed by atoms with E-state index in [1.807, 2.05) is 52.0 Å². The summed E-state index contributed by atoms with van der Waals surface area (Å²) in [6.07, 6.45) is 10.7. The molecular weight excluding hydrogens is 532 g/mol. The Kier molecular flexibility index (Phi) is 7.51. The van der Waals surface area contributed by atoms with Crippen LogP contribution in [0, 0.1) is 6.92 Å². The molecule has 9 nitrogen and oxygen atoms in total. The molecule has 0 spiro atoms. The van der Waals surface area contributed by atoms with E-state index in [1.165, 1.54) is 0 Å². The average molecular weight is 565 g/mol. The first-order valence-corrected chi connectivity index (χ1v) is 13.7. The first kappa shape index (κ1) is 28.5. The summed E-state index contributed by atoms with van der Waals surface area (Å²) in [6.45, 7) is 11.7. The topological polar surface area (TPSA) is 148 Å². The largest absolute Gasteiger partial charge is 0.515 e. The van der Waals surface area contributed by atoms with Gasteiger partial charge in [0.15, 0.2) is 0 Å². The number of carbonyl (C=O) groups is 2. The molecule has 0 fully saturated rings. The van der Waals surface area contributed by atoms with E-state index < -0.39 is 11.9 Å². The lowest BCUT2D eigenvalue weighted by Crippen LogP contribution is -2.15. The monoisotopic (exact) mass is 564 g/mol. The number of carboxylic acid groups (broad SMARTS) is 2. The molecule has 0 aromatic carbocycles. The fourth-order valence-electron chi connectivity index (χ4n) is 5.59. The van der Waals surface area contributed by atoms with Gasteiger partial charge in [-0.15, -0.1) is 0 Å². The molecule has 0 saturated heterocycles. The molecule has 0 aliphatic carbocycles. The van der Waals surface area contributed by atoms with Crippen molar-refractivity contribution in [2.45, 2.75) is 53.4 Å². The predicted octanol–water partition coefficient (Wildman–Crippen LogP) is 4.75. The molecule has 4 aliphatic rings. The summed E-state index contributed by atoms with van der Waals surface area (Å²) < 4.78 is 0. The molecule has 5 rings (SSSR count). The molecule has 1 aromatic rings. The second kappa shape index (κ2) is 11.1.